The zero-order valence-corrected chi connectivity index (χ0v) is 15.7. The number of allylic oxidation sites excluding steroid dienone is 3. The Labute approximate surface area is 150 Å². The van der Waals surface area contributed by atoms with Crippen LogP contribution in [0.1, 0.15) is 50.4 Å². The minimum absolute atomic E-state index is 0.625. The molecular formula is C22H29N3. The standard InChI is InChI=1S/C22H29N3/c1-5-8-9-19-18-11-10-16(15(4)23)14-21(18)25-13-12-24-20(7-3)17(6-2)22(19)25/h6-7,10-11,14,24H,4-5,8-9,12-13,23H2,1-3H3/b17-6+,20-7+. The molecule has 0 amide bonds. The van der Waals surface area contributed by atoms with Gasteiger partial charge in [-0.3, -0.25) is 0 Å². The molecular weight excluding hydrogens is 306 g/mol. The van der Waals surface area contributed by atoms with Gasteiger partial charge in [0.1, 0.15) is 0 Å². The molecule has 3 nitrogen and oxygen atoms in total. The molecule has 0 aliphatic carbocycles. The maximum absolute atomic E-state index is 5.96. The van der Waals surface area contributed by atoms with Crippen molar-refractivity contribution in [2.45, 2.75) is 46.6 Å². The summed E-state index contributed by atoms with van der Waals surface area (Å²) in [4.78, 5) is 0. The predicted molar refractivity (Wildman–Crippen MR) is 109 cm³/mol. The van der Waals surface area contributed by atoms with E-state index in [1.807, 2.05) is 0 Å². The van der Waals surface area contributed by atoms with E-state index in [1.165, 1.54) is 46.3 Å². The van der Waals surface area contributed by atoms with Gasteiger partial charge in [-0.1, -0.05) is 44.2 Å². The van der Waals surface area contributed by atoms with E-state index in [9.17, 15) is 0 Å². The molecule has 0 radical (unpaired) electrons. The monoisotopic (exact) mass is 335 g/mol. The van der Waals surface area contributed by atoms with Crippen LogP contribution in [0.25, 0.3) is 22.2 Å². The van der Waals surface area contributed by atoms with Gasteiger partial charge in [-0.25, -0.2) is 0 Å². The van der Waals surface area contributed by atoms with Crippen LogP contribution in [0, 0.1) is 0 Å². The fourth-order valence-electron chi connectivity index (χ4n) is 3.84. The zero-order chi connectivity index (χ0) is 18.0. The van der Waals surface area contributed by atoms with E-state index in [0.717, 1.165) is 25.1 Å². The number of aryl methyl sites for hydroxylation is 1. The van der Waals surface area contributed by atoms with E-state index in [4.69, 9.17) is 5.73 Å². The lowest BCUT2D eigenvalue weighted by molar-refractivity contribution is 0.681. The highest BCUT2D eigenvalue weighted by molar-refractivity contribution is 5.94. The Balaban J connectivity index is 2.34. The summed E-state index contributed by atoms with van der Waals surface area (Å²) in [5.41, 5.74) is 14.2. The Morgan fingerprint density at radius 3 is 2.76 bits per heavy atom. The molecule has 25 heavy (non-hydrogen) atoms. The first-order chi connectivity index (χ1) is 12.1. The largest absolute Gasteiger partial charge is 0.399 e. The third-order valence-electron chi connectivity index (χ3n) is 5.09. The van der Waals surface area contributed by atoms with Gasteiger partial charge >= 0.3 is 0 Å². The number of aromatic nitrogens is 1. The SMILES string of the molecule is C=C(N)c1ccc2c(CCCC)c3n(c2c1)CCNC(=C/C)/C3=C\C. The minimum atomic E-state index is 0.625. The predicted octanol–water partition coefficient (Wildman–Crippen LogP) is 4.82. The van der Waals surface area contributed by atoms with E-state index in [-0.39, 0.29) is 0 Å². The van der Waals surface area contributed by atoms with E-state index < -0.39 is 0 Å². The van der Waals surface area contributed by atoms with E-state index >= 15 is 0 Å². The fraction of sp³-hybridized carbons (Fsp3) is 0.364. The first kappa shape index (κ1) is 17.4. The Hall–Kier alpha value is -2.42. The topological polar surface area (TPSA) is 43.0 Å². The van der Waals surface area contributed by atoms with E-state index in [2.05, 4.69) is 67.6 Å². The van der Waals surface area contributed by atoms with Gasteiger partial charge in [-0.05, 0) is 43.9 Å². The Morgan fingerprint density at radius 1 is 1.32 bits per heavy atom. The Kier molecular flexibility index (Phi) is 5.03. The average Bonchev–Trinajstić information content (AvgIpc) is 2.79. The molecule has 3 heteroatoms. The quantitative estimate of drug-likeness (QED) is 0.841. The third kappa shape index (κ3) is 2.99. The van der Waals surface area contributed by atoms with Gasteiger partial charge in [-0.15, -0.1) is 0 Å². The smallest absolute Gasteiger partial charge is 0.0541 e. The molecule has 2 heterocycles. The van der Waals surface area contributed by atoms with Crippen molar-refractivity contribution in [2.24, 2.45) is 5.73 Å². The molecule has 0 saturated carbocycles. The average molecular weight is 335 g/mol. The molecule has 0 saturated heterocycles. The second-order valence-electron chi connectivity index (χ2n) is 6.67. The van der Waals surface area contributed by atoms with Crippen molar-refractivity contribution in [3.63, 3.8) is 0 Å². The van der Waals surface area contributed by atoms with E-state index in [0.29, 0.717) is 5.70 Å². The van der Waals surface area contributed by atoms with Gasteiger partial charge in [0.25, 0.3) is 0 Å². The molecule has 132 valence electrons. The highest BCUT2D eigenvalue weighted by Gasteiger charge is 2.23. The molecule has 0 unspecified atom stereocenters. The number of hydrogen-bond acceptors (Lipinski definition) is 2. The molecule has 0 atom stereocenters. The van der Waals surface area contributed by atoms with Crippen molar-refractivity contribution in [1.29, 1.82) is 0 Å². The number of benzene rings is 1. The molecule has 1 aliphatic heterocycles. The van der Waals surface area contributed by atoms with Crippen molar-refractivity contribution in [1.82, 2.24) is 9.88 Å². The number of nitrogens with two attached hydrogens (primary N) is 1. The van der Waals surface area contributed by atoms with Gasteiger partial charge in [0.15, 0.2) is 0 Å². The highest BCUT2D eigenvalue weighted by atomic mass is 15.1. The number of unbranched alkanes of at least 4 members (excludes halogenated alkanes) is 1. The molecule has 2 aromatic rings. The van der Waals surface area contributed by atoms with Crippen LogP contribution in [-0.2, 0) is 13.0 Å². The molecule has 1 aliphatic rings. The van der Waals surface area contributed by atoms with Gasteiger partial charge < -0.3 is 15.6 Å². The molecule has 0 spiro atoms. The van der Waals surface area contributed by atoms with Gasteiger partial charge in [-0.2, -0.15) is 0 Å². The number of nitrogens with one attached hydrogen (secondary N) is 1. The van der Waals surface area contributed by atoms with Crippen LogP contribution >= 0.6 is 0 Å². The van der Waals surface area contributed by atoms with Crippen LogP contribution in [0.2, 0.25) is 0 Å². The summed E-state index contributed by atoms with van der Waals surface area (Å²) < 4.78 is 2.46. The highest BCUT2D eigenvalue weighted by Crippen LogP contribution is 2.36. The second kappa shape index (κ2) is 7.22. The minimum Gasteiger partial charge on any atom is -0.399 e. The van der Waals surface area contributed by atoms with Crippen LogP contribution in [0.5, 0.6) is 0 Å². The Bertz CT molecular complexity index is 865. The Morgan fingerprint density at radius 2 is 2.12 bits per heavy atom. The first-order valence-electron chi connectivity index (χ1n) is 9.29. The van der Waals surface area contributed by atoms with Crippen molar-refractivity contribution < 1.29 is 0 Å². The van der Waals surface area contributed by atoms with Crippen LogP contribution in [0.3, 0.4) is 0 Å². The third-order valence-corrected chi connectivity index (χ3v) is 5.09. The molecule has 0 bridgehead atoms. The number of nitrogens with zero attached hydrogens (tertiary/aromatic N) is 1. The molecule has 0 fully saturated rings. The molecule has 3 N–H and O–H groups in total. The van der Waals surface area contributed by atoms with Crippen molar-refractivity contribution in [3.8, 4) is 0 Å². The first-order valence-corrected chi connectivity index (χ1v) is 9.29. The number of rotatable bonds is 4. The van der Waals surface area contributed by atoms with Crippen molar-refractivity contribution in [2.75, 3.05) is 6.54 Å². The molecule has 1 aromatic heterocycles. The lowest BCUT2D eigenvalue weighted by Crippen LogP contribution is -2.15. The van der Waals surface area contributed by atoms with Crippen molar-refractivity contribution >= 4 is 22.2 Å². The van der Waals surface area contributed by atoms with Crippen LogP contribution in [0.15, 0.2) is 42.6 Å². The van der Waals surface area contributed by atoms with Crippen LogP contribution in [-0.4, -0.2) is 11.1 Å². The summed E-state index contributed by atoms with van der Waals surface area (Å²) >= 11 is 0. The van der Waals surface area contributed by atoms with Crippen LogP contribution in [0.4, 0.5) is 0 Å². The maximum atomic E-state index is 5.96. The summed E-state index contributed by atoms with van der Waals surface area (Å²) in [6.07, 6.45) is 7.92. The maximum Gasteiger partial charge on any atom is 0.0541 e. The normalized spacial score (nSPS) is 17.6. The summed E-state index contributed by atoms with van der Waals surface area (Å²) in [5, 5.41) is 4.93. The fourth-order valence-corrected chi connectivity index (χ4v) is 3.84. The number of hydrogen-bond donors (Lipinski definition) is 2. The summed E-state index contributed by atoms with van der Waals surface area (Å²) in [7, 11) is 0. The van der Waals surface area contributed by atoms with Gasteiger partial charge in [0, 0.05) is 41.0 Å². The summed E-state index contributed by atoms with van der Waals surface area (Å²) in [6, 6.07) is 6.53. The molecule has 3 rings (SSSR count). The van der Waals surface area contributed by atoms with Gasteiger partial charge in [0.05, 0.1) is 5.69 Å². The lowest BCUT2D eigenvalue weighted by atomic mass is 9.98. The zero-order valence-electron chi connectivity index (χ0n) is 15.7. The molecule has 1 aromatic carbocycles. The second-order valence-corrected chi connectivity index (χ2v) is 6.67. The lowest BCUT2D eigenvalue weighted by Gasteiger charge is -2.12. The summed E-state index contributed by atoms with van der Waals surface area (Å²) in [5.74, 6) is 0. The van der Waals surface area contributed by atoms with Crippen molar-refractivity contribution in [3.05, 3.63) is 59.4 Å². The van der Waals surface area contributed by atoms with Gasteiger partial charge in [0.2, 0.25) is 0 Å². The van der Waals surface area contributed by atoms with E-state index in [1.54, 1.807) is 0 Å². The van der Waals surface area contributed by atoms with Crippen LogP contribution < -0.4 is 11.1 Å². The number of fused-ring (bicyclic) bond motifs is 3. The summed E-state index contributed by atoms with van der Waals surface area (Å²) in [6.45, 7) is 12.3.